The van der Waals surface area contributed by atoms with Crippen LogP contribution in [0.2, 0.25) is 0 Å². The molecule has 8 aromatic carbocycles. The summed E-state index contributed by atoms with van der Waals surface area (Å²) in [7, 11) is 0. The molecule has 0 aliphatic rings. The predicted molar refractivity (Wildman–Crippen MR) is 154 cm³/mol. The number of benzene rings is 8. The molecule has 0 amide bonds. The van der Waals surface area contributed by atoms with E-state index in [2.05, 4.69) is 122 Å². The van der Waals surface area contributed by atoms with E-state index < -0.39 is 0 Å². The SMILES string of the molecule is Cc1cccc2cc3cc4cc5cc6cc7cc8ccccc8cc7cc6cc5cc4cc3cc12. The summed E-state index contributed by atoms with van der Waals surface area (Å²) >= 11 is 0. The van der Waals surface area contributed by atoms with E-state index in [0.29, 0.717) is 0 Å². The Morgan fingerprint density at radius 3 is 1.03 bits per heavy atom. The van der Waals surface area contributed by atoms with Crippen LogP contribution in [-0.2, 0) is 0 Å². The van der Waals surface area contributed by atoms with Crippen molar-refractivity contribution in [1.29, 1.82) is 0 Å². The third-order valence-corrected chi connectivity index (χ3v) is 7.74. The van der Waals surface area contributed by atoms with Crippen LogP contribution in [0.15, 0.2) is 115 Å². The van der Waals surface area contributed by atoms with E-state index in [4.69, 9.17) is 0 Å². The smallest absolute Gasteiger partial charge is 0.0148 e. The number of rotatable bonds is 0. The van der Waals surface area contributed by atoms with Crippen LogP contribution in [0.25, 0.3) is 75.4 Å². The molecule has 0 unspecified atom stereocenters. The first kappa shape index (κ1) is 18.9. The molecule has 0 atom stereocenters. The molecule has 0 heterocycles. The quantitative estimate of drug-likeness (QED) is 0.205. The van der Waals surface area contributed by atoms with Gasteiger partial charge < -0.3 is 0 Å². The molecule has 0 bridgehead atoms. The van der Waals surface area contributed by atoms with Gasteiger partial charge >= 0.3 is 0 Å². The summed E-state index contributed by atoms with van der Waals surface area (Å²) in [5.41, 5.74) is 1.33. The molecule has 8 rings (SSSR count). The molecular weight excluding hydrogens is 420 g/mol. The summed E-state index contributed by atoms with van der Waals surface area (Å²) in [5, 5.41) is 18.2. The largest absolute Gasteiger partial charge is 0.0616 e. The highest BCUT2D eigenvalue weighted by Gasteiger charge is 2.07. The molecule has 0 radical (unpaired) electrons. The molecule has 0 saturated heterocycles. The van der Waals surface area contributed by atoms with Gasteiger partial charge in [0, 0.05) is 0 Å². The zero-order valence-electron chi connectivity index (χ0n) is 19.5. The Kier molecular flexibility index (Phi) is 3.68. The lowest BCUT2D eigenvalue weighted by Gasteiger charge is -2.10. The van der Waals surface area contributed by atoms with Gasteiger partial charge in [-0.15, -0.1) is 0 Å². The normalized spacial score (nSPS) is 12.1. The summed E-state index contributed by atoms with van der Waals surface area (Å²) < 4.78 is 0. The fraction of sp³-hybridized carbons (Fsp3) is 0.0286. The van der Waals surface area contributed by atoms with Crippen molar-refractivity contribution in [2.24, 2.45) is 0 Å². The van der Waals surface area contributed by atoms with Gasteiger partial charge in [0.1, 0.15) is 0 Å². The highest BCUT2D eigenvalue weighted by molar-refractivity contribution is 6.12. The molecule has 0 aliphatic carbocycles. The Morgan fingerprint density at radius 2 is 0.600 bits per heavy atom. The van der Waals surface area contributed by atoms with Crippen LogP contribution < -0.4 is 0 Å². The molecule has 0 fully saturated rings. The van der Waals surface area contributed by atoms with Gasteiger partial charge in [-0.1, -0.05) is 42.5 Å². The van der Waals surface area contributed by atoms with Gasteiger partial charge in [-0.2, -0.15) is 0 Å². The van der Waals surface area contributed by atoms with Crippen molar-refractivity contribution in [1.82, 2.24) is 0 Å². The van der Waals surface area contributed by atoms with Gasteiger partial charge in [-0.3, -0.25) is 0 Å². The molecule has 0 heteroatoms. The van der Waals surface area contributed by atoms with Gasteiger partial charge in [0.05, 0.1) is 0 Å². The average molecular weight is 443 g/mol. The molecule has 0 aromatic heterocycles. The van der Waals surface area contributed by atoms with Crippen LogP contribution in [-0.4, -0.2) is 0 Å². The molecule has 35 heavy (non-hydrogen) atoms. The van der Waals surface area contributed by atoms with Gasteiger partial charge in [0.25, 0.3) is 0 Å². The Balaban J connectivity index is 1.40. The van der Waals surface area contributed by atoms with Crippen LogP contribution in [0.3, 0.4) is 0 Å². The van der Waals surface area contributed by atoms with Crippen LogP contribution in [0.1, 0.15) is 5.56 Å². The second-order valence-electron chi connectivity index (χ2n) is 9.99. The van der Waals surface area contributed by atoms with Crippen molar-refractivity contribution in [3.8, 4) is 0 Å². The maximum atomic E-state index is 2.36. The Bertz CT molecular complexity index is 2160. The Hall–Kier alpha value is -4.42. The molecular formula is C35H22. The Labute approximate surface area is 203 Å². The average Bonchev–Trinajstić information content (AvgIpc) is 2.86. The van der Waals surface area contributed by atoms with Crippen molar-refractivity contribution in [2.75, 3.05) is 0 Å². The Morgan fingerprint density at radius 1 is 0.286 bits per heavy atom. The first-order valence-electron chi connectivity index (χ1n) is 12.2. The van der Waals surface area contributed by atoms with E-state index in [1.807, 2.05) is 0 Å². The monoisotopic (exact) mass is 442 g/mol. The molecule has 0 saturated carbocycles. The van der Waals surface area contributed by atoms with Crippen LogP contribution in [0.5, 0.6) is 0 Å². The summed E-state index contributed by atoms with van der Waals surface area (Å²) in [6.45, 7) is 2.19. The molecule has 162 valence electrons. The van der Waals surface area contributed by atoms with Crippen LogP contribution >= 0.6 is 0 Å². The standard InChI is InChI=1S/C35H22/c1-21-5-4-8-24-11-27-14-30-17-31-15-28-12-25-9-22-6-2-3-7-23(22)10-26(25)13-29(28)16-32(31)18-33(30)19-34(27)20-35(21)24/h2-20H,1H3. The fourth-order valence-corrected chi connectivity index (χ4v) is 5.88. The lowest BCUT2D eigenvalue weighted by molar-refractivity contribution is 1.54. The highest BCUT2D eigenvalue weighted by atomic mass is 14.1. The fourth-order valence-electron chi connectivity index (χ4n) is 5.88. The van der Waals surface area contributed by atoms with Crippen molar-refractivity contribution < 1.29 is 0 Å². The van der Waals surface area contributed by atoms with Crippen molar-refractivity contribution >= 4 is 75.4 Å². The minimum Gasteiger partial charge on any atom is -0.0616 e. The molecule has 8 aromatic rings. The van der Waals surface area contributed by atoms with E-state index in [-0.39, 0.29) is 0 Å². The van der Waals surface area contributed by atoms with Gasteiger partial charge in [-0.05, 0) is 161 Å². The third-order valence-electron chi connectivity index (χ3n) is 7.74. The third kappa shape index (κ3) is 2.87. The number of hydrogen-bond donors (Lipinski definition) is 0. The minimum absolute atomic E-state index is 1.29. The molecule has 0 nitrogen and oxygen atoms in total. The molecule has 0 N–H and O–H groups in total. The summed E-state index contributed by atoms with van der Waals surface area (Å²) in [6.07, 6.45) is 0. The maximum Gasteiger partial charge on any atom is -0.0148 e. The second kappa shape index (κ2) is 6.81. The maximum absolute atomic E-state index is 2.36. The lowest BCUT2D eigenvalue weighted by Crippen LogP contribution is -1.83. The zero-order chi connectivity index (χ0) is 23.1. The van der Waals surface area contributed by atoms with Crippen LogP contribution in [0.4, 0.5) is 0 Å². The number of aryl methyl sites for hydroxylation is 1. The van der Waals surface area contributed by atoms with E-state index in [1.54, 1.807) is 0 Å². The summed E-state index contributed by atoms with van der Waals surface area (Å²) in [5.74, 6) is 0. The van der Waals surface area contributed by atoms with E-state index >= 15 is 0 Å². The van der Waals surface area contributed by atoms with Crippen LogP contribution in [0, 0.1) is 6.92 Å². The number of fused-ring (bicyclic) bond motifs is 7. The lowest BCUT2D eigenvalue weighted by atomic mass is 9.94. The first-order chi connectivity index (χ1) is 17.2. The number of hydrogen-bond acceptors (Lipinski definition) is 0. The van der Waals surface area contributed by atoms with Gasteiger partial charge in [0.2, 0.25) is 0 Å². The molecule has 0 aliphatic heterocycles. The second-order valence-corrected chi connectivity index (χ2v) is 9.99. The van der Waals surface area contributed by atoms with Crippen molar-refractivity contribution in [2.45, 2.75) is 6.92 Å². The molecule has 0 spiro atoms. The van der Waals surface area contributed by atoms with Crippen molar-refractivity contribution in [3.63, 3.8) is 0 Å². The topological polar surface area (TPSA) is 0 Å². The summed E-state index contributed by atoms with van der Waals surface area (Å²) in [6, 6.07) is 43.3. The minimum atomic E-state index is 1.29. The van der Waals surface area contributed by atoms with Gasteiger partial charge in [-0.25, -0.2) is 0 Å². The first-order valence-corrected chi connectivity index (χ1v) is 12.2. The van der Waals surface area contributed by atoms with Crippen molar-refractivity contribution in [3.05, 3.63) is 121 Å². The predicted octanol–water partition coefficient (Wildman–Crippen LogP) is 10.1. The van der Waals surface area contributed by atoms with E-state index in [9.17, 15) is 0 Å². The van der Waals surface area contributed by atoms with Gasteiger partial charge in [0.15, 0.2) is 0 Å². The van der Waals surface area contributed by atoms with E-state index in [1.165, 1.54) is 81.0 Å². The zero-order valence-corrected chi connectivity index (χ0v) is 19.5. The highest BCUT2D eigenvalue weighted by Crippen LogP contribution is 2.34. The summed E-state index contributed by atoms with van der Waals surface area (Å²) in [4.78, 5) is 0. The van der Waals surface area contributed by atoms with E-state index in [0.717, 1.165) is 0 Å².